The molecule has 3 heterocycles. The number of aromatic nitrogens is 6. The second-order valence-corrected chi connectivity index (χ2v) is 7.62. The summed E-state index contributed by atoms with van der Waals surface area (Å²) in [4.78, 5) is 9.77. The molecule has 2 N–H and O–H groups in total. The maximum atomic E-state index is 5.68. The Kier molecular flexibility index (Phi) is 4.59. The van der Waals surface area contributed by atoms with E-state index in [4.69, 9.17) is 14.7 Å². The zero-order chi connectivity index (χ0) is 19.0. The number of methoxy groups -OCH3 is 1. The third-order valence-electron chi connectivity index (χ3n) is 5.67. The average molecular weight is 369 g/mol. The quantitative estimate of drug-likeness (QED) is 0.712. The summed E-state index contributed by atoms with van der Waals surface area (Å²) in [5.74, 6) is 2.73. The van der Waals surface area contributed by atoms with Crippen LogP contribution in [0.2, 0.25) is 0 Å². The molecule has 1 fully saturated rings. The van der Waals surface area contributed by atoms with Crippen molar-refractivity contribution in [3.05, 3.63) is 23.8 Å². The molecular formula is C19H27N7O. The van der Waals surface area contributed by atoms with Crippen LogP contribution in [0.15, 0.2) is 12.3 Å². The maximum Gasteiger partial charge on any atom is 0.163 e. The molecule has 8 heteroatoms. The van der Waals surface area contributed by atoms with Gasteiger partial charge >= 0.3 is 0 Å². The van der Waals surface area contributed by atoms with Crippen LogP contribution < -0.4 is 5.32 Å². The van der Waals surface area contributed by atoms with Gasteiger partial charge in [-0.2, -0.15) is 10.2 Å². The smallest absolute Gasteiger partial charge is 0.163 e. The van der Waals surface area contributed by atoms with Crippen LogP contribution in [-0.2, 0) is 11.3 Å². The zero-order valence-electron chi connectivity index (χ0n) is 16.4. The Morgan fingerprint density at radius 1 is 1.33 bits per heavy atom. The number of aryl methyl sites for hydroxylation is 2. The van der Waals surface area contributed by atoms with Gasteiger partial charge in [0, 0.05) is 31.3 Å². The van der Waals surface area contributed by atoms with Crippen LogP contribution in [0, 0.1) is 6.92 Å². The van der Waals surface area contributed by atoms with Crippen LogP contribution in [0.3, 0.4) is 0 Å². The summed E-state index contributed by atoms with van der Waals surface area (Å²) in [7, 11) is 1.80. The third kappa shape index (κ3) is 3.41. The van der Waals surface area contributed by atoms with Crippen molar-refractivity contribution in [3.63, 3.8) is 0 Å². The molecule has 0 aromatic carbocycles. The molecule has 0 unspecified atom stereocenters. The molecule has 1 aliphatic carbocycles. The first-order valence-corrected chi connectivity index (χ1v) is 9.59. The summed E-state index contributed by atoms with van der Waals surface area (Å²) < 4.78 is 7.60. The molecule has 3 aromatic heterocycles. The van der Waals surface area contributed by atoms with Crippen LogP contribution >= 0.6 is 0 Å². The van der Waals surface area contributed by atoms with Gasteiger partial charge in [-0.05, 0) is 46.5 Å². The summed E-state index contributed by atoms with van der Waals surface area (Å²) in [5.41, 5.74) is 1.84. The second-order valence-electron chi connectivity index (χ2n) is 7.62. The van der Waals surface area contributed by atoms with Gasteiger partial charge in [-0.3, -0.25) is 5.10 Å². The van der Waals surface area contributed by atoms with Crippen molar-refractivity contribution in [2.24, 2.45) is 0 Å². The SMILES string of the molecule is CCn1ncc2c(Nc3cc(C)[nH]n3)nc([C@H]3CC[C@](C)(OC)CC3)nc21. The van der Waals surface area contributed by atoms with Crippen LogP contribution in [0.25, 0.3) is 11.0 Å². The monoisotopic (exact) mass is 369 g/mol. The largest absolute Gasteiger partial charge is 0.379 e. The molecule has 0 spiro atoms. The zero-order valence-corrected chi connectivity index (χ0v) is 16.4. The molecule has 144 valence electrons. The lowest BCUT2D eigenvalue weighted by Gasteiger charge is -2.35. The van der Waals surface area contributed by atoms with E-state index in [1.165, 1.54) is 0 Å². The fourth-order valence-corrected chi connectivity index (χ4v) is 3.78. The number of nitrogens with one attached hydrogen (secondary N) is 2. The van der Waals surface area contributed by atoms with Crippen LogP contribution in [0.5, 0.6) is 0 Å². The molecule has 1 saturated carbocycles. The number of hydrogen-bond donors (Lipinski definition) is 2. The average Bonchev–Trinajstić information content (AvgIpc) is 3.28. The molecule has 27 heavy (non-hydrogen) atoms. The summed E-state index contributed by atoms with van der Waals surface area (Å²) in [6, 6.07) is 1.96. The first kappa shape index (κ1) is 17.9. The van der Waals surface area contributed by atoms with E-state index in [9.17, 15) is 0 Å². The number of H-pyrrole nitrogens is 1. The van der Waals surface area contributed by atoms with Crippen LogP contribution in [0.1, 0.15) is 57.0 Å². The second kappa shape index (κ2) is 6.92. The van der Waals surface area contributed by atoms with Gasteiger partial charge in [0.25, 0.3) is 0 Å². The van der Waals surface area contributed by atoms with E-state index in [0.29, 0.717) is 5.92 Å². The molecule has 0 aliphatic heterocycles. The van der Waals surface area contributed by atoms with Crippen molar-refractivity contribution in [2.75, 3.05) is 12.4 Å². The molecule has 4 rings (SSSR count). The summed E-state index contributed by atoms with van der Waals surface area (Å²) in [5, 5.41) is 16.0. The number of nitrogens with zero attached hydrogens (tertiary/aromatic N) is 5. The van der Waals surface area contributed by atoms with Gasteiger partial charge in [0.05, 0.1) is 17.2 Å². The van der Waals surface area contributed by atoms with Crippen LogP contribution in [-0.4, -0.2) is 42.7 Å². The van der Waals surface area contributed by atoms with Gasteiger partial charge in [0.1, 0.15) is 11.6 Å². The highest BCUT2D eigenvalue weighted by molar-refractivity contribution is 5.88. The lowest BCUT2D eigenvalue weighted by atomic mass is 9.79. The Labute approximate surface area is 158 Å². The Hall–Kier alpha value is -2.48. The van der Waals surface area contributed by atoms with Crippen molar-refractivity contribution in [3.8, 4) is 0 Å². The van der Waals surface area contributed by atoms with E-state index in [1.807, 2.05) is 23.9 Å². The lowest BCUT2D eigenvalue weighted by molar-refractivity contribution is -0.0276. The van der Waals surface area contributed by atoms with E-state index in [-0.39, 0.29) is 5.60 Å². The van der Waals surface area contributed by atoms with Gasteiger partial charge in [0.15, 0.2) is 11.5 Å². The molecule has 0 bridgehead atoms. The predicted octanol–water partition coefficient (Wildman–Crippen LogP) is 3.68. The number of hydrogen-bond acceptors (Lipinski definition) is 6. The van der Waals surface area contributed by atoms with Crippen molar-refractivity contribution in [2.45, 2.75) is 64.5 Å². The highest BCUT2D eigenvalue weighted by Crippen LogP contribution is 2.39. The molecule has 0 saturated heterocycles. The summed E-state index contributed by atoms with van der Waals surface area (Å²) in [6.07, 6.45) is 5.91. The Morgan fingerprint density at radius 3 is 2.74 bits per heavy atom. The van der Waals surface area contributed by atoms with Gasteiger partial charge in [-0.15, -0.1) is 0 Å². The fourth-order valence-electron chi connectivity index (χ4n) is 3.78. The van der Waals surface area contributed by atoms with E-state index < -0.39 is 0 Å². The van der Waals surface area contributed by atoms with Gasteiger partial charge < -0.3 is 10.1 Å². The molecule has 0 radical (unpaired) electrons. The Bertz CT molecular complexity index is 937. The number of ether oxygens (including phenoxy) is 1. The molecular weight excluding hydrogens is 342 g/mol. The van der Waals surface area contributed by atoms with Gasteiger partial charge in [0.2, 0.25) is 0 Å². The predicted molar refractivity (Wildman–Crippen MR) is 104 cm³/mol. The van der Waals surface area contributed by atoms with E-state index >= 15 is 0 Å². The number of rotatable bonds is 5. The Morgan fingerprint density at radius 2 is 2.11 bits per heavy atom. The van der Waals surface area contributed by atoms with Crippen molar-refractivity contribution in [1.29, 1.82) is 0 Å². The lowest BCUT2D eigenvalue weighted by Crippen LogP contribution is -2.32. The highest BCUT2D eigenvalue weighted by atomic mass is 16.5. The first-order chi connectivity index (χ1) is 13.0. The van der Waals surface area contributed by atoms with Gasteiger partial charge in [-0.25, -0.2) is 14.6 Å². The third-order valence-corrected chi connectivity index (χ3v) is 5.67. The molecule has 0 amide bonds. The molecule has 1 aliphatic rings. The van der Waals surface area contributed by atoms with Crippen molar-refractivity contribution < 1.29 is 4.74 Å². The normalized spacial score (nSPS) is 23.0. The first-order valence-electron chi connectivity index (χ1n) is 9.59. The van der Waals surface area contributed by atoms with E-state index in [2.05, 4.69) is 34.5 Å². The van der Waals surface area contributed by atoms with Crippen molar-refractivity contribution in [1.82, 2.24) is 29.9 Å². The highest BCUT2D eigenvalue weighted by Gasteiger charge is 2.33. The van der Waals surface area contributed by atoms with Gasteiger partial charge in [-0.1, -0.05) is 0 Å². The minimum Gasteiger partial charge on any atom is -0.379 e. The number of aromatic amines is 1. The van der Waals surface area contributed by atoms with Crippen molar-refractivity contribution >= 4 is 22.7 Å². The number of anilines is 2. The molecule has 3 aromatic rings. The van der Waals surface area contributed by atoms with Crippen LogP contribution in [0.4, 0.5) is 11.6 Å². The topological polar surface area (TPSA) is 93.5 Å². The minimum absolute atomic E-state index is 0.0283. The summed E-state index contributed by atoms with van der Waals surface area (Å²) >= 11 is 0. The number of fused-ring (bicyclic) bond motifs is 1. The molecule has 8 nitrogen and oxygen atoms in total. The fraction of sp³-hybridized carbons (Fsp3) is 0.579. The maximum absolute atomic E-state index is 5.68. The van der Waals surface area contributed by atoms with E-state index in [1.54, 1.807) is 7.11 Å². The standard InChI is InChI=1S/C19H27N7O/c1-5-26-18-14(11-20-26)17(21-15-10-12(2)24-25-15)22-16(23-18)13-6-8-19(3,27-4)9-7-13/h10-11,13H,5-9H2,1-4H3,(H2,21,22,23,24,25)/t13-,19-. The Balaban J connectivity index is 1.70. The molecule has 0 atom stereocenters. The summed E-state index contributed by atoms with van der Waals surface area (Å²) in [6.45, 7) is 7.01. The van der Waals surface area contributed by atoms with E-state index in [0.717, 1.165) is 66.4 Å². The minimum atomic E-state index is -0.0283.